The molecule has 1 rings (SSSR count). The summed E-state index contributed by atoms with van der Waals surface area (Å²) in [4.78, 5) is 10.3. The molecule has 0 saturated carbocycles. The van der Waals surface area contributed by atoms with Crippen molar-refractivity contribution in [2.75, 3.05) is 5.73 Å². The molecule has 13 heavy (non-hydrogen) atoms. The third-order valence-corrected chi connectivity index (χ3v) is 1.19. The van der Waals surface area contributed by atoms with Gasteiger partial charge in [0.2, 0.25) is 0 Å². The second-order valence-corrected chi connectivity index (χ2v) is 2.07. The van der Waals surface area contributed by atoms with E-state index >= 15 is 0 Å². The summed E-state index contributed by atoms with van der Waals surface area (Å²) in [5.74, 6) is -4.32. The summed E-state index contributed by atoms with van der Waals surface area (Å²) in [6, 6.07) is 0. The van der Waals surface area contributed by atoms with Crippen LogP contribution in [0.3, 0.4) is 0 Å². The molecule has 0 aromatic carbocycles. The van der Waals surface area contributed by atoms with E-state index in [0.717, 1.165) is 0 Å². The highest BCUT2D eigenvalue weighted by molar-refractivity contribution is 5.93. The molecule has 0 bridgehead atoms. The Hall–Kier alpha value is -1.73. The minimum Gasteiger partial charge on any atom is -0.477 e. The Morgan fingerprint density at radius 2 is 2.08 bits per heavy atom. The van der Waals surface area contributed by atoms with E-state index in [4.69, 9.17) is 10.8 Å². The SMILES string of the molecule is Nc1noc(C(F)(F)F)c1C(=O)O. The Morgan fingerprint density at radius 3 is 2.38 bits per heavy atom. The van der Waals surface area contributed by atoms with E-state index in [1.54, 1.807) is 0 Å². The normalized spacial score (nSPS) is 11.6. The van der Waals surface area contributed by atoms with Crippen molar-refractivity contribution in [3.05, 3.63) is 11.3 Å². The number of nitrogens with zero attached hydrogens (tertiary/aromatic N) is 1. The molecule has 0 spiro atoms. The minimum atomic E-state index is -4.90. The minimum absolute atomic E-state index is 0.792. The topological polar surface area (TPSA) is 89.4 Å². The van der Waals surface area contributed by atoms with Crippen molar-refractivity contribution < 1.29 is 27.6 Å². The maximum absolute atomic E-state index is 12.0. The average molecular weight is 196 g/mol. The van der Waals surface area contributed by atoms with E-state index in [9.17, 15) is 18.0 Å². The number of hydrogen-bond donors (Lipinski definition) is 2. The fourth-order valence-corrected chi connectivity index (χ4v) is 0.703. The van der Waals surface area contributed by atoms with Gasteiger partial charge in [-0.3, -0.25) is 0 Å². The molecule has 0 fully saturated rings. The molecular weight excluding hydrogens is 193 g/mol. The molecule has 0 radical (unpaired) electrons. The first-order valence-corrected chi connectivity index (χ1v) is 2.89. The molecule has 0 aliphatic carbocycles. The van der Waals surface area contributed by atoms with Gasteiger partial charge in [-0.15, -0.1) is 0 Å². The molecule has 0 aliphatic heterocycles. The summed E-state index contributed by atoms with van der Waals surface area (Å²) in [6.07, 6.45) is -4.90. The molecule has 0 atom stereocenters. The lowest BCUT2D eigenvalue weighted by Crippen LogP contribution is -2.11. The molecule has 0 amide bonds. The van der Waals surface area contributed by atoms with Gasteiger partial charge in [-0.2, -0.15) is 13.2 Å². The van der Waals surface area contributed by atoms with Crippen LogP contribution in [0.5, 0.6) is 0 Å². The molecular formula is C5H3F3N2O3. The molecule has 3 N–H and O–H groups in total. The van der Waals surface area contributed by atoms with Crippen molar-refractivity contribution in [1.29, 1.82) is 0 Å². The van der Waals surface area contributed by atoms with Crippen LogP contribution in [0.15, 0.2) is 4.52 Å². The number of aromatic carboxylic acids is 1. The van der Waals surface area contributed by atoms with Crippen LogP contribution in [0.4, 0.5) is 19.0 Å². The number of halogens is 3. The highest BCUT2D eigenvalue weighted by Crippen LogP contribution is 2.34. The quantitative estimate of drug-likeness (QED) is 0.698. The Bertz CT molecular complexity index is 343. The third kappa shape index (κ3) is 1.55. The molecule has 8 heteroatoms. The van der Waals surface area contributed by atoms with Crippen molar-refractivity contribution in [3.63, 3.8) is 0 Å². The smallest absolute Gasteiger partial charge is 0.453 e. The monoisotopic (exact) mass is 196 g/mol. The Kier molecular flexibility index (Phi) is 1.90. The lowest BCUT2D eigenvalue weighted by atomic mass is 10.2. The molecule has 1 heterocycles. The maximum atomic E-state index is 12.0. The first kappa shape index (κ1) is 9.36. The summed E-state index contributed by atoms with van der Waals surface area (Å²) in [5.41, 5.74) is 3.69. The number of carboxylic acid groups (broad SMARTS) is 1. The molecule has 0 saturated heterocycles. The number of carboxylic acids is 1. The van der Waals surface area contributed by atoms with Gasteiger partial charge >= 0.3 is 12.1 Å². The van der Waals surface area contributed by atoms with E-state index in [0.29, 0.717) is 0 Å². The second-order valence-electron chi connectivity index (χ2n) is 2.07. The summed E-state index contributed by atoms with van der Waals surface area (Å²) in [6.45, 7) is 0. The van der Waals surface area contributed by atoms with Gasteiger partial charge in [0.15, 0.2) is 11.4 Å². The van der Waals surface area contributed by atoms with E-state index in [-0.39, 0.29) is 0 Å². The third-order valence-electron chi connectivity index (χ3n) is 1.19. The average Bonchev–Trinajstić information content (AvgIpc) is 2.28. The molecule has 1 aromatic rings. The van der Waals surface area contributed by atoms with E-state index in [1.165, 1.54) is 0 Å². The van der Waals surface area contributed by atoms with Crippen molar-refractivity contribution >= 4 is 11.8 Å². The van der Waals surface area contributed by atoms with E-state index in [2.05, 4.69) is 9.68 Å². The number of alkyl halides is 3. The number of nitrogen functional groups attached to an aromatic ring is 1. The highest BCUT2D eigenvalue weighted by atomic mass is 19.4. The predicted octanol–water partition coefficient (Wildman–Crippen LogP) is 0.974. The lowest BCUT2D eigenvalue weighted by molar-refractivity contribution is -0.156. The van der Waals surface area contributed by atoms with Crippen molar-refractivity contribution in [1.82, 2.24) is 5.16 Å². The first-order chi connectivity index (χ1) is 5.84. The number of carbonyl (C=O) groups is 1. The summed E-state index contributed by atoms with van der Waals surface area (Å²) < 4.78 is 39.6. The van der Waals surface area contributed by atoms with Gasteiger partial charge in [0.25, 0.3) is 5.76 Å². The summed E-state index contributed by atoms with van der Waals surface area (Å²) in [5, 5.41) is 11.0. The fraction of sp³-hybridized carbons (Fsp3) is 0.200. The van der Waals surface area contributed by atoms with Gasteiger partial charge in [0, 0.05) is 0 Å². The van der Waals surface area contributed by atoms with Gasteiger partial charge in [0.1, 0.15) is 0 Å². The van der Waals surface area contributed by atoms with Crippen LogP contribution in [0.25, 0.3) is 0 Å². The zero-order valence-corrected chi connectivity index (χ0v) is 5.92. The van der Waals surface area contributed by atoms with Gasteiger partial charge in [-0.25, -0.2) is 4.79 Å². The number of rotatable bonds is 1. The van der Waals surface area contributed by atoms with Crippen LogP contribution < -0.4 is 5.73 Å². The zero-order valence-electron chi connectivity index (χ0n) is 5.92. The number of hydrogen-bond acceptors (Lipinski definition) is 4. The van der Waals surface area contributed by atoms with Gasteiger partial charge < -0.3 is 15.4 Å². The lowest BCUT2D eigenvalue weighted by Gasteiger charge is -2.00. The number of anilines is 1. The predicted molar refractivity (Wildman–Crippen MR) is 32.9 cm³/mol. The molecule has 1 aromatic heterocycles. The maximum Gasteiger partial charge on any atom is 0.453 e. The van der Waals surface area contributed by atoms with Crippen LogP contribution in [0.1, 0.15) is 16.1 Å². The Labute approximate surface area is 68.9 Å². The zero-order chi connectivity index (χ0) is 10.2. The number of nitrogens with two attached hydrogens (primary N) is 1. The van der Waals surface area contributed by atoms with Gasteiger partial charge in [-0.05, 0) is 0 Å². The van der Waals surface area contributed by atoms with Crippen molar-refractivity contribution in [2.24, 2.45) is 0 Å². The van der Waals surface area contributed by atoms with Gasteiger partial charge in [-0.1, -0.05) is 5.16 Å². The van der Waals surface area contributed by atoms with E-state index < -0.39 is 29.3 Å². The molecule has 72 valence electrons. The largest absolute Gasteiger partial charge is 0.477 e. The van der Waals surface area contributed by atoms with Crippen LogP contribution in [-0.4, -0.2) is 16.2 Å². The molecule has 0 unspecified atom stereocenters. The Morgan fingerprint density at radius 1 is 1.54 bits per heavy atom. The highest BCUT2D eigenvalue weighted by Gasteiger charge is 2.42. The molecule has 5 nitrogen and oxygen atoms in total. The standard InChI is InChI=1S/C5H3F3N2O3/c6-5(7,8)2-1(4(11)12)3(9)10-13-2/h(H2,9,10)(H,11,12). The summed E-state index contributed by atoms with van der Waals surface area (Å²) >= 11 is 0. The van der Waals surface area contributed by atoms with Crippen LogP contribution in [0, 0.1) is 0 Å². The van der Waals surface area contributed by atoms with Crippen LogP contribution in [-0.2, 0) is 6.18 Å². The number of aromatic nitrogens is 1. The van der Waals surface area contributed by atoms with Crippen molar-refractivity contribution in [3.8, 4) is 0 Å². The molecule has 0 aliphatic rings. The first-order valence-electron chi connectivity index (χ1n) is 2.89. The van der Waals surface area contributed by atoms with Crippen molar-refractivity contribution in [2.45, 2.75) is 6.18 Å². The summed E-state index contributed by atoms with van der Waals surface area (Å²) in [7, 11) is 0. The Balaban J connectivity index is 3.31. The second kappa shape index (κ2) is 2.64. The van der Waals surface area contributed by atoms with Gasteiger partial charge in [0.05, 0.1) is 0 Å². The van der Waals surface area contributed by atoms with E-state index in [1.807, 2.05) is 0 Å². The fourth-order valence-electron chi connectivity index (χ4n) is 0.703. The van der Waals surface area contributed by atoms with Crippen LogP contribution in [0.2, 0.25) is 0 Å². The van der Waals surface area contributed by atoms with Crippen LogP contribution >= 0.6 is 0 Å².